The molecule has 0 bridgehead atoms. The first-order valence-electron chi connectivity index (χ1n) is 7.71. The molecule has 21 heavy (non-hydrogen) atoms. The van der Waals surface area contributed by atoms with Crippen molar-refractivity contribution in [2.24, 2.45) is 11.8 Å². The van der Waals surface area contributed by atoms with Crippen LogP contribution in [0, 0.1) is 18.8 Å². The molecule has 112 valence electrons. The molecule has 1 fully saturated rings. The van der Waals surface area contributed by atoms with E-state index in [9.17, 15) is 9.90 Å². The average molecular weight is 286 g/mol. The number of hydrogen-bond acceptors (Lipinski definition) is 2. The van der Waals surface area contributed by atoms with E-state index < -0.39 is 5.97 Å². The number of carboxylic acids is 1. The molecule has 0 radical (unpaired) electrons. The van der Waals surface area contributed by atoms with E-state index in [0.29, 0.717) is 23.4 Å². The van der Waals surface area contributed by atoms with Gasteiger partial charge in [-0.2, -0.15) is 0 Å². The minimum atomic E-state index is -0.877. The van der Waals surface area contributed by atoms with E-state index in [4.69, 9.17) is 0 Å². The van der Waals surface area contributed by atoms with Crippen LogP contribution in [0.4, 0.5) is 0 Å². The van der Waals surface area contributed by atoms with Gasteiger partial charge in [0.2, 0.25) is 0 Å². The molecule has 3 atom stereocenters. The summed E-state index contributed by atoms with van der Waals surface area (Å²) in [6, 6.07) is 5.70. The summed E-state index contributed by atoms with van der Waals surface area (Å²) < 4.78 is 2.18. The van der Waals surface area contributed by atoms with Crippen LogP contribution in [0.2, 0.25) is 0 Å². The van der Waals surface area contributed by atoms with E-state index in [1.54, 1.807) is 12.1 Å². The normalized spacial score (nSPS) is 26.1. The van der Waals surface area contributed by atoms with Crippen LogP contribution in [0.3, 0.4) is 0 Å². The second kappa shape index (κ2) is 5.17. The van der Waals surface area contributed by atoms with Gasteiger partial charge in [0.25, 0.3) is 0 Å². The quantitative estimate of drug-likeness (QED) is 0.906. The summed E-state index contributed by atoms with van der Waals surface area (Å²) in [6.45, 7) is 6.56. The van der Waals surface area contributed by atoms with Crippen molar-refractivity contribution in [3.05, 3.63) is 29.6 Å². The Hall–Kier alpha value is -1.84. The number of benzene rings is 1. The van der Waals surface area contributed by atoms with E-state index in [0.717, 1.165) is 23.3 Å². The molecule has 4 heteroatoms. The highest BCUT2D eigenvalue weighted by molar-refractivity contribution is 6.01. The summed E-state index contributed by atoms with van der Waals surface area (Å²) in [5.41, 5.74) is 1.94. The van der Waals surface area contributed by atoms with Gasteiger partial charge in [0.1, 0.15) is 5.82 Å². The smallest absolute Gasteiger partial charge is 0.337 e. The lowest BCUT2D eigenvalue weighted by atomic mass is 9.77. The molecule has 1 heterocycles. The zero-order valence-corrected chi connectivity index (χ0v) is 12.8. The maximum absolute atomic E-state index is 11.6. The van der Waals surface area contributed by atoms with Crippen molar-refractivity contribution in [1.29, 1.82) is 0 Å². The second-order valence-electron chi connectivity index (χ2n) is 6.34. The van der Waals surface area contributed by atoms with E-state index in [-0.39, 0.29) is 0 Å². The minimum absolute atomic E-state index is 0.347. The van der Waals surface area contributed by atoms with Crippen LogP contribution in [0.1, 0.15) is 55.3 Å². The number of fused-ring (bicyclic) bond motifs is 1. The van der Waals surface area contributed by atoms with Crippen molar-refractivity contribution in [2.45, 2.75) is 46.1 Å². The zero-order chi connectivity index (χ0) is 15.1. The number of carbonyl (C=O) groups is 1. The van der Waals surface area contributed by atoms with E-state index in [1.165, 1.54) is 12.8 Å². The predicted octanol–water partition coefficient (Wildman–Crippen LogP) is 4.04. The number of rotatable bonds is 2. The van der Waals surface area contributed by atoms with Crippen LogP contribution in [-0.4, -0.2) is 20.6 Å². The number of aromatic carboxylic acids is 1. The Balaban J connectivity index is 2.22. The van der Waals surface area contributed by atoms with Gasteiger partial charge in [-0.25, -0.2) is 9.78 Å². The standard InChI is InChI=1S/C17H22N2O2/c1-10-6-4-9-15(11(10)2)19-12(3)18-14-8-5-7-13(16(14)19)17(20)21/h5,7-8,10-11,15H,4,6,9H2,1-3H3,(H,20,21). The summed E-state index contributed by atoms with van der Waals surface area (Å²) in [5, 5.41) is 9.49. The van der Waals surface area contributed by atoms with Crippen LogP contribution in [0.25, 0.3) is 11.0 Å². The fourth-order valence-corrected chi connectivity index (χ4v) is 3.76. The summed E-state index contributed by atoms with van der Waals surface area (Å²) in [4.78, 5) is 16.2. The average Bonchev–Trinajstić information content (AvgIpc) is 2.77. The topological polar surface area (TPSA) is 55.1 Å². The lowest BCUT2D eigenvalue weighted by molar-refractivity contribution is 0.0698. The van der Waals surface area contributed by atoms with Crippen LogP contribution < -0.4 is 0 Å². The van der Waals surface area contributed by atoms with Crippen molar-refractivity contribution >= 4 is 17.0 Å². The van der Waals surface area contributed by atoms with Gasteiger partial charge in [0.15, 0.2) is 0 Å². The number of hydrogen-bond donors (Lipinski definition) is 1. The lowest BCUT2D eigenvalue weighted by Crippen LogP contribution is -2.28. The summed E-state index contributed by atoms with van der Waals surface area (Å²) in [7, 11) is 0. The fraction of sp³-hybridized carbons (Fsp3) is 0.529. The number of aryl methyl sites for hydroxylation is 1. The highest BCUT2D eigenvalue weighted by Gasteiger charge is 2.31. The Kier molecular flexibility index (Phi) is 3.47. The number of aromatic nitrogens is 2. The molecule has 0 aliphatic heterocycles. The zero-order valence-electron chi connectivity index (χ0n) is 12.8. The molecule has 0 spiro atoms. The Labute approximate surface area is 124 Å². The summed E-state index contributed by atoms with van der Waals surface area (Å²) >= 11 is 0. The number of carboxylic acid groups (broad SMARTS) is 1. The third-order valence-electron chi connectivity index (χ3n) is 5.11. The van der Waals surface area contributed by atoms with E-state index >= 15 is 0 Å². The maximum Gasteiger partial charge on any atom is 0.337 e. The van der Waals surface area contributed by atoms with Gasteiger partial charge in [0.05, 0.1) is 16.6 Å². The van der Waals surface area contributed by atoms with Crippen molar-refractivity contribution in [3.63, 3.8) is 0 Å². The maximum atomic E-state index is 11.6. The molecule has 1 aromatic carbocycles. The molecule has 1 aliphatic rings. The number of imidazole rings is 1. The molecule has 1 saturated carbocycles. The Morgan fingerprint density at radius 1 is 1.33 bits per heavy atom. The van der Waals surface area contributed by atoms with Crippen LogP contribution in [-0.2, 0) is 0 Å². The molecular weight excluding hydrogens is 264 g/mol. The molecule has 3 rings (SSSR count). The highest BCUT2D eigenvalue weighted by Crippen LogP contribution is 2.40. The minimum Gasteiger partial charge on any atom is -0.478 e. The third-order valence-corrected chi connectivity index (χ3v) is 5.11. The second-order valence-corrected chi connectivity index (χ2v) is 6.34. The highest BCUT2D eigenvalue weighted by atomic mass is 16.4. The Bertz CT molecular complexity index is 689. The largest absolute Gasteiger partial charge is 0.478 e. The Morgan fingerprint density at radius 2 is 2.10 bits per heavy atom. The van der Waals surface area contributed by atoms with Gasteiger partial charge in [0, 0.05) is 6.04 Å². The summed E-state index contributed by atoms with van der Waals surface area (Å²) in [5.74, 6) is 1.25. The van der Waals surface area contributed by atoms with Gasteiger partial charge in [-0.15, -0.1) is 0 Å². The SMILES string of the molecule is Cc1nc2cccc(C(=O)O)c2n1C1CCCC(C)C1C. The molecule has 2 aromatic rings. The van der Waals surface area contributed by atoms with E-state index in [2.05, 4.69) is 23.4 Å². The third kappa shape index (κ3) is 2.23. The molecule has 0 saturated heterocycles. The lowest BCUT2D eigenvalue weighted by Gasteiger charge is -2.36. The first-order valence-corrected chi connectivity index (χ1v) is 7.71. The Morgan fingerprint density at radius 3 is 2.81 bits per heavy atom. The van der Waals surface area contributed by atoms with Gasteiger partial charge in [-0.1, -0.05) is 32.8 Å². The molecule has 4 nitrogen and oxygen atoms in total. The van der Waals surface area contributed by atoms with Gasteiger partial charge in [-0.3, -0.25) is 0 Å². The van der Waals surface area contributed by atoms with Gasteiger partial charge < -0.3 is 9.67 Å². The number of para-hydroxylation sites is 1. The molecular formula is C17H22N2O2. The molecule has 3 unspecified atom stereocenters. The molecule has 0 amide bonds. The van der Waals surface area contributed by atoms with Crippen LogP contribution >= 0.6 is 0 Å². The van der Waals surface area contributed by atoms with Gasteiger partial charge >= 0.3 is 5.97 Å². The first-order chi connectivity index (χ1) is 10.0. The van der Waals surface area contributed by atoms with Crippen LogP contribution in [0.5, 0.6) is 0 Å². The monoisotopic (exact) mass is 286 g/mol. The van der Waals surface area contributed by atoms with Crippen molar-refractivity contribution in [2.75, 3.05) is 0 Å². The van der Waals surface area contributed by atoms with Crippen molar-refractivity contribution in [1.82, 2.24) is 9.55 Å². The first kappa shape index (κ1) is 14.1. The molecule has 1 N–H and O–H groups in total. The van der Waals surface area contributed by atoms with E-state index in [1.807, 2.05) is 13.0 Å². The van der Waals surface area contributed by atoms with Crippen molar-refractivity contribution in [3.8, 4) is 0 Å². The fourth-order valence-electron chi connectivity index (χ4n) is 3.76. The molecule has 1 aliphatic carbocycles. The van der Waals surface area contributed by atoms with Crippen molar-refractivity contribution < 1.29 is 9.90 Å². The van der Waals surface area contributed by atoms with Gasteiger partial charge in [-0.05, 0) is 37.3 Å². The van der Waals surface area contributed by atoms with Crippen LogP contribution in [0.15, 0.2) is 18.2 Å². The molecule has 1 aromatic heterocycles. The number of nitrogens with zero attached hydrogens (tertiary/aromatic N) is 2. The summed E-state index contributed by atoms with van der Waals surface area (Å²) in [6.07, 6.45) is 3.56. The predicted molar refractivity (Wildman–Crippen MR) is 82.6 cm³/mol.